The van der Waals surface area contributed by atoms with Gasteiger partial charge in [-0.25, -0.2) is 0 Å². The molecule has 1 fully saturated rings. The fourth-order valence-electron chi connectivity index (χ4n) is 3.09. The first-order valence-electron chi connectivity index (χ1n) is 6.98. The number of benzene rings is 1. The van der Waals surface area contributed by atoms with Crippen molar-refractivity contribution in [2.45, 2.75) is 37.1 Å². The van der Waals surface area contributed by atoms with Crippen molar-refractivity contribution in [2.24, 2.45) is 11.5 Å². The third kappa shape index (κ3) is 2.08. The first-order valence-corrected chi connectivity index (χ1v) is 6.98. The van der Waals surface area contributed by atoms with Gasteiger partial charge in [-0.15, -0.1) is 0 Å². The van der Waals surface area contributed by atoms with Gasteiger partial charge < -0.3 is 16.4 Å². The first kappa shape index (κ1) is 13.1. The highest BCUT2D eigenvalue weighted by atomic mass is 16.2. The Bertz CT molecular complexity index is 566. The van der Waals surface area contributed by atoms with E-state index in [0.717, 1.165) is 30.5 Å². The smallest absolute Gasteiger partial charge is 0.228 e. The maximum absolute atomic E-state index is 12.5. The van der Waals surface area contributed by atoms with Gasteiger partial charge in [-0.05, 0) is 30.9 Å². The first-order chi connectivity index (χ1) is 9.50. The molecular weight excluding hydrogens is 254 g/mol. The van der Waals surface area contributed by atoms with Crippen LogP contribution in [0.15, 0.2) is 24.3 Å². The third-order valence-electron chi connectivity index (χ3n) is 4.47. The van der Waals surface area contributed by atoms with Gasteiger partial charge in [0.1, 0.15) is 0 Å². The summed E-state index contributed by atoms with van der Waals surface area (Å²) in [5, 5.41) is 0. The number of fused-ring (bicyclic) bond motifs is 1. The molecule has 0 spiro atoms. The van der Waals surface area contributed by atoms with E-state index in [4.69, 9.17) is 11.5 Å². The van der Waals surface area contributed by atoms with Crippen LogP contribution in [0.3, 0.4) is 0 Å². The zero-order chi connectivity index (χ0) is 14.3. The van der Waals surface area contributed by atoms with Gasteiger partial charge in [-0.3, -0.25) is 9.59 Å². The average Bonchev–Trinajstić information content (AvgIpc) is 2.76. The van der Waals surface area contributed by atoms with Crippen molar-refractivity contribution in [1.29, 1.82) is 0 Å². The maximum atomic E-state index is 12.5. The molecule has 0 radical (unpaired) electrons. The lowest BCUT2D eigenvalue weighted by Crippen LogP contribution is -2.50. The standard InChI is InChI=1S/C15H19N3O2/c16-14(20)11-9-18(12-5-2-1-4-10(11)12)13(19)8-15(17)6-3-7-15/h1-2,4-5,11H,3,6-9,17H2,(H2,16,20). The molecule has 1 unspecified atom stereocenters. The molecule has 106 valence electrons. The van der Waals surface area contributed by atoms with Crippen LogP contribution in [0.25, 0.3) is 0 Å². The molecule has 0 aromatic heterocycles. The van der Waals surface area contributed by atoms with Crippen LogP contribution in [-0.4, -0.2) is 23.9 Å². The molecule has 0 bridgehead atoms. The second-order valence-electron chi connectivity index (χ2n) is 5.91. The topological polar surface area (TPSA) is 89.4 Å². The summed E-state index contributed by atoms with van der Waals surface area (Å²) in [5.74, 6) is -0.812. The van der Waals surface area contributed by atoms with Crippen LogP contribution in [0.4, 0.5) is 5.69 Å². The van der Waals surface area contributed by atoms with Gasteiger partial charge in [-0.2, -0.15) is 0 Å². The van der Waals surface area contributed by atoms with Crippen LogP contribution in [-0.2, 0) is 9.59 Å². The minimum Gasteiger partial charge on any atom is -0.369 e. The molecule has 4 N–H and O–H groups in total. The molecule has 1 atom stereocenters. The summed E-state index contributed by atoms with van der Waals surface area (Å²) in [6.07, 6.45) is 3.22. The molecule has 5 nitrogen and oxygen atoms in total. The highest BCUT2D eigenvalue weighted by molar-refractivity contribution is 6.00. The predicted octanol–water partition coefficient (Wildman–Crippen LogP) is 0.874. The Balaban J connectivity index is 1.84. The molecule has 2 amide bonds. The van der Waals surface area contributed by atoms with Crippen LogP contribution in [0, 0.1) is 0 Å². The number of nitrogens with two attached hydrogens (primary N) is 2. The van der Waals surface area contributed by atoms with E-state index in [9.17, 15) is 9.59 Å². The van der Waals surface area contributed by atoms with E-state index < -0.39 is 5.92 Å². The normalized spacial score (nSPS) is 23.1. The highest BCUT2D eigenvalue weighted by Gasteiger charge is 2.40. The number of para-hydroxylation sites is 1. The minimum atomic E-state index is -0.412. The Morgan fingerprint density at radius 3 is 2.60 bits per heavy atom. The van der Waals surface area contributed by atoms with E-state index in [1.807, 2.05) is 24.3 Å². The summed E-state index contributed by atoms with van der Waals surface area (Å²) in [4.78, 5) is 25.7. The minimum absolute atomic E-state index is 0.0107. The second-order valence-corrected chi connectivity index (χ2v) is 5.91. The monoisotopic (exact) mass is 273 g/mol. The number of hydrogen-bond donors (Lipinski definition) is 2. The van der Waals surface area contributed by atoms with E-state index in [1.165, 1.54) is 0 Å². The van der Waals surface area contributed by atoms with E-state index in [-0.39, 0.29) is 17.4 Å². The molecular formula is C15H19N3O2. The summed E-state index contributed by atoms with van der Waals surface area (Å²) in [7, 11) is 0. The molecule has 1 heterocycles. The number of carbonyl (C=O) groups is 2. The van der Waals surface area contributed by atoms with Crippen molar-refractivity contribution < 1.29 is 9.59 Å². The fourth-order valence-corrected chi connectivity index (χ4v) is 3.09. The summed E-state index contributed by atoms with van der Waals surface area (Å²) in [6, 6.07) is 7.45. The molecule has 1 aromatic carbocycles. The van der Waals surface area contributed by atoms with Crippen LogP contribution in [0.2, 0.25) is 0 Å². The average molecular weight is 273 g/mol. The third-order valence-corrected chi connectivity index (χ3v) is 4.47. The van der Waals surface area contributed by atoms with Gasteiger partial charge in [0.05, 0.1) is 5.92 Å². The summed E-state index contributed by atoms with van der Waals surface area (Å²) in [6.45, 7) is 0.337. The summed E-state index contributed by atoms with van der Waals surface area (Å²) < 4.78 is 0. The highest BCUT2D eigenvalue weighted by Crippen LogP contribution is 2.38. The Morgan fingerprint density at radius 1 is 1.30 bits per heavy atom. The van der Waals surface area contributed by atoms with Crippen LogP contribution in [0.5, 0.6) is 0 Å². The van der Waals surface area contributed by atoms with Crippen molar-refractivity contribution in [1.82, 2.24) is 0 Å². The Labute approximate surface area is 117 Å². The van der Waals surface area contributed by atoms with Crippen LogP contribution < -0.4 is 16.4 Å². The van der Waals surface area contributed by atoms with Gasteiger partial charge in [-0.1, -0.05) is 18.2 Å². The van der Waals surface area contributed by atoms with Crippen molar-refractivity contribution in [2.75, 3.05) is 11.4 Å². The lowest BCUT2D eigenvalue weighted by Gasteiger charge is -2.38. The van der Waals surface area contributed by atoms with E-state index in [1.54, 1.807) is 4.90 Å². The molecule has 1 aliphatic carbocycles. The van der Waals surface area contributed by atoms with Gasteiger partial charge in [0.2, 0.25) is 11.8 Å². The van der Waals surface area contributed by atoms with Gasteiger partial charge >= 0.3 is 0 Å². The number of primary amides is 1. The quantitative estimate of drug-likeness (QED) is 0.856. The maximum Gasteiger partial charge on any atom is 0.228 e. The molecule has 1 aromatic rings. The number of amides is 2. The van der Waals surface area contributed by atoms with Crippen molar-refractivity contribution in [3.63, 3.8) is 0 Å². The van der Waals surface area contributed by atoms with Crippen LogP contribution >= 0.6 is 0 Å². The van der Waals surface area contributed by atoms with E-state index in [2.05, 4.69) is 0 Å². The molecule has 1 aliphatic heterocycles. The lowest BCUT2D eigenvalue weighted by molar-refractivity contribution is -0.120. The number of carbonyl (C=O) groups excluding carboxylic acids is 2. The van der Waals surface area contributed by atoms with E-state index >= 15 is 0 Å². The fraction of sp³-hybridized carbons (Fsp3) is 0.467. The zero-order valence-electron chi connectivity index (χ0n) is 11.3. The zero-order valence-corrected chi connectivity index (χ0v) is 11.3. The Hall–Kier alpha value is -1.88. The van der Waals surface area contributed by atoms with Gasteiger partial charge in [0, 0.05) is 24.2 Å². The van der Waals surface area contributed by atoms with Gasteiger partial charge in [0.15, 0.2) is 0 Å². The number of nitrogens with zero attached hydrogens (tertiary/aromatic N) is 1. The van der Waals surface area contributed by atoms with Gasteiger partial charge in [0.25, 0.3) is 0 Å². The Kier molecular flexibility index (Phi) is 3.01. The molecule has 0 saturated heterocycles. The number of anilines is 1. The number of hydrogen-bond acceptors (Lipinski definition) is 3. The van der Waals surface area contributed by atoms with Crippen molar-refractivity contribution >= 4 is 17.5 Å². The SMILES string of the molecule is NC(=O)C1CN(C(=O)CC2(N)CCC2)c2ccccc21. The van der Waals surface area contributed by atoms with Crippen LogP contribution in [0.1, 0.15) is 37.2 Å². The predicted molar refractivity (Wildman–Crippen MR) is 76.1 cm³/mol. The summed E-state index contributed by atoms with van der Waals surface area (Å²) >= 11 is 0. The van der Waals surface area contributed by atoms with E-state index in [0.29, 0.717) is 13.0 Å². The molecule has 2 aliphatic rings. The Morgan fingerprint density at radius 2 is 2.00 bits per heavy atom. The lowest BCUT2D eigenvalue weighted by atomic mass is 9.75. The molecule has 5 heteroatoms. The summed E-state index contributed by atoms with van der Waals surface area (Å²) in [5.41, 5.74) is 12.9. The second kappa shape index (κ2) is 4.59. The molecule has 1 saturated carbocycles. The molecule has 3 rings (SSSR count). The largest absolute Gasteiger partial charge is 0.369 e. The van der Waals surface area contributed by atoms with Crippen molar-refractivity contribution in [3.8, 4) is 0 Å². The number of rotatable bonds is 3. The molecule has 20 heavy (non-hydrogen) atoms. The van der Waals surface area contributed by atoms with Crippen molar-refractivity contribution in [3.05, 3.63) is 29.8 Å².